The van der Waals surface area contributed by atoms with Crippen LogP contribution in [0.4, 0.5) is 13.2 Å². The fraction of sp³-hybridized carbons (Fsp3) is 0.733. The van der Waals surface area contributed by atoms with Gasteiger partial charge in [0, 0.05) is 18.2 Å². The molecule has 2 aliphatic rings. The molecular weight excluding hydrogens is 311 g/mol. The lowest BCUT2D eigenvalue weighted by atomic mass is 10.1. The summed E-state index contributed by atoms with van der Waals surface area (Å²) in [5.74, 6) is -0.256. The molecule has 2 fully saturated rings. The molecule has 0 radical (unpaired) electrons. The van der Waals surface area contributed by atoms with Gasteiger partial charge in [-0.05, 0) is 38.7 Å². The molecule has 5 nitrogen and oxygen atoms in total. The number of alkyl halides is 3. The van der Waals surface area contributed by atoms with Crippen molar-refractivity contribution >= 4 is 5.91 Å². The van der Waals surface area contributed by atoms with E-state index >= 15 is 0 Å². The number of hydrogen-bond acceptors (Lipinski definition) is 3. The Hall–Kier alpha value is -1.57. The van der Waals surface area contributed by atoms with Crippen LogP contribution in [0.15, 0.2) is 6.07 Å². The van der Waals surface area contributed by atoms with Gasteiger partial charge in [-0.15, -0.1) is 0 Å². The third kappa shape index (κ3) is 3.85. The maximum Gasteiger partial charge on any atom is 0.435 e. The summed E-state index contributed by atoms with van der Waals surface area (Å²) in [6.07, 6.45) is -0.978. The van der Waals surface area contributed by atoms with Gasteiger partial charge < -0.3 is 10.1 Å². The summed E-state index contributed by atoms with van der Waals surface area (Å²) in [4.78, 5) is 12.1. The Balaban J connectivity index is 1.66. The molecule has 1 saturated carbocycles. The van der Waals surface area contributed by atoms with Crippen molar-refractivity contribution in [3.63, 3.8) is 0 Å². The Morgan fingerprint density at radius 2 is 2.22 bits per heavy atom. The van der Waals surface area contributed by atoms with E-state index in [4.69, 9.17) is 4.74 Å². The fourth-order valence-corrected chi connectivity index (χ4v) is 2.93. The van der Waals surface area contributed by atoms with Gasteiger partial charge in [0.15, 0.2) is 5.69 Å². The Kier molecular flexibility index (Phi) is 4.35. The quantitative estimate of drug-likeness (QED) is 0.902. The smallest absolute Gasteiger partial charge is 0.376 e. The number of carbonyl (C=O) groups is 1. The van der Waals surface area contributed by atoms with Gasteiger partial charge in [0.1, 0.15) is 6.54 Å². The lowest BCUT2D eigenvalue weighted by Crippen LogP contribution is -2.42. The summed E-state index contributed by atoms with van der Waals surface area (Å²) in [7, 11) is 0. The van der Waals surface area contributed by atoms with Gasteiger partial charge in [-0.3, -0.25) is 9.48 Å². The van der Waals surface area contributed by atoms with E-state index in [1.165, 1.54) is 4.68 Å². The predicted octanol–water partition coefficient (Wildman–Crippen LogP) is 2.46. The molecular formula is C15H20F3N3O2. The van der Waals surface area contributed by atoms with Crippen molar-refractivity contribution in [3.8, 4) is 0 Å². The molecule has 1 aliphatic heterocycles. The Bertz CT molecular complexity index is 575. The van der Waals surface area contributed by atoms with Crippen LogP contribution < -0.4 is 5.32 Å². The van der Waals surface area contributed by atoms with E-state index in [0.29, 0.717) is 12.3 Å². The number of aromatic nitrogens is 2. The number of nitrogens with one attached hydrogen (secondary N) is 1. The predicted molar refractivity (Wildman–Crippen MR) is 75.8 cm³/mol. The fourth-order valence-electron chi connectivity index (χ4n) is 2.93. The first kappa shape index (κ1) is 16.3. The Labute approximate surface area is 132 Å². The first-order chi connectivity index (χ1) is 10.8. The topological polar surface area (TPSA) is 56.2 Å². The van der Waals surface area contributed by atoms with Crippen molar-refractivity contribution in [1.29, 1.82) is 0 Å². The van der Waals surface area contributed by atoms with Crippen LogP contribution in [0.3, 0.4) is 0 Å². The molecule has 128 valence electrons. The molecule has 23 heavy (non-hydrogen) atoms. The van der Waals surface area contributed by atoms with Crippen LogP contribution in [0, 0.1) is 0 Å². The van der Waals surface area contributed by atoms with E-state index < -0.39 is 11.9 Å². The van der Waals surface area contributed by atoms with Gasteiger partial charge >= 0.3 is 6.18 Å². The van der Waals surface area contributed by atoms with E-state index in [-0.39, 0.29) is 30.5 Å². The minimum atomic E-state index is -4.49. The van der Waals surface area contributed by atoms with Crippen LogP contribution >= 0.6 is 0 Å². The second-order valence-electron chi connectivity index (χ2n) is 6.29. The minimum Gasteiger partial charge on any atom is -0.376 e. The molecule has 1 amide bonds. The number of carbonyl (C=O) groups excluding carboxylic acids is 1. The molecule has 8 heteroatoms. The zero-order valence-corrected chi connectivity index (χ0v) is 12.9. The molecule has 2 heterocycles. The molecule has 3 rings (SSSR count). The van der Waals surface area contributed by atoms with Gasteiger partial charge in [0.2, 0.25) is 5.91 Å². The van der Waals surface area contributed by atoms with Gasteiger partial charge in [-0.2, -0.15) is 18.3 Å². The summed E-state index contributed by atoms with van der Waals surface area (Å²) >= 11 is 0. The molecule has 0 unspecified atom stereocenters. The summed E-state index contributed by atoms with van der Waals surface area (Å²) in [6, 6.07) is 0.904. The second kappa shape index (κ2) is 6.14. The Morgan fingerprint density at radius 1 is 1.48 bits per heavy atom. The maximum absolute atomic E-state index is 12.8. The zero-order valence-electron chi connectivity index (χ0n) is 12.9. The van der Waals surface area contributed by atoms with Gasteiger partial charge in [-0.1, -0.05) is 0 Å². The number of rotatable bonds is 5. The third-order valence-corrected chi connectivity index (χ3v) is 4.30. The first-order valence-corrected chi connectivity index (χ1v) is 7.90. The largest absolute Gasteiger partial charge is 0.435 e. The lowest BCUT2D eigenvalue weighted by molar-refractivity contribution is -0.141. The molecule has 1 aromatic heterocycles. The SMILES string of the molecule is C[C@@H](NC(=O)Cn1nc(C(F)(F)F)cc1C1CC1)[C@H]1CCCO1. The van der Waals surface area contributed by atoms with Crippen LogP contribution in [-0.2, 0) is 22.3 Å². The highest BCUT2D eigenvalue weighted by atomic mass is 19.4. The van der Waals surface area contributed by atoms with Crippen LogP contribution in [-0.4, -0.2) is 34.4 Å². The number of hydrogen-bond donors (Lipinski definition) is 1. The zero-order chi connectivity index (χ0) is 16.6. The van der Waals surface area contributed by atoms with Crippen LogP contribution in [0.25, 0.3) is 0 Å². The van der Waals surface area contributed by atoms with Crippen LogP contribution in [0.1, 0.15) is 49.9 Å². The maximum atomic E-state index is 12.8. The van der Waals surface area contributed by atoms with Crippen molar-refractivity contribution in [2.75, 3.05) is 6.61 Å². The molecule has 1 aromatic rings. The second-order valence-corrected chi connectivity index (χ2v) is 6.29. The summed E-state index contributed by atoms with van der Waals surface area (Å²) in [5, 5.41) is 6.39. The number of amides is 1. The average Bonchev–Trinajstić information content (AvgIpc) is 3.00. The van der Waals surface area contributed by atoms with Crippen molar-refractivity contribution in [2.45, 2.75) is 63.4 Å². The molecule has 1 aliphatic carbocycles. The molecule has 1 saturated heterocycles. The lowest BCUT2D eigenvalue weighted by Gasteiger charge is -2.20. The van der Waals surface area contributed by atoms with Gasteiger partial charge in [-0.25, -0.2) is 0 Å². The van der Waals surface area contributed by atoms with E-state index in [0.717, 1.165) is 31.7 Å². The van der Waals surface area contributed by atoms with Crippen molar-refractivity contribution in [2.24, 2.45) is 0 Å². The first-order valence-electron chi connectivity index (χ1n) is 7.90. The van der Waals surface area contributed by atoms with Crippen molar-refractivity contribution < 1.29 is 22.7 Å². The van der Waals surface area contributed by atoms with E-state index in [9.17, 15) is 18.0 Å². The highest BCUT2D eigenvalue weighted by Gasteiger charge is 2.38. The van der Waals surface area contributed by atoms with Crippen LogP contribution in [0.2, 0.25) is 0 Å². The number of nitrogens with zero attached hydrogens (tertiary/aromatic N) is 2. The average molecular weight is 331 g/mol. The summed E-state index contributed by atoms with van der Waals surface area (Å²) < 4.78 is 45.2. The third-order valence-electron chi connectivity index (χ3n) is 4.30. The standard InChI is InChI=1S/C15H20F3N3O2/c1-9(12-3-2-6-23-12)19-14(22)8-21-11(10-4-5-10)7-13(20-21)15(16,17)18/h7,9-10,12H,2-6,8H2,1H3,(H,19,22)/t9-,12-/m1/s1. The highest BCUT2D eigenvalue weighted by molar-refractivity contribution is 5.76. The highest BCUT2D eigenvalue weighted by Crippen LogP contribution is 2.42. The summed E-state index contributed by atoms with van der Waals surface area (Å²) in [5.41, 5.74) is -0.434. The van der Waals surface area contributed by atoms with Gasteiger partial charge in [0.05, 0.1) is 12.1 Å². The van der Waals surface area contributed by atoms with E-state index in [2.05, 4.69) is 10.4 Å². The van der Waals surface area contributed by atoms with Gasteiger partial charge in [0.25, 0.3) is 0 Å². The van der Waals surface area contributed by atoms with E-state index in [1.54, 1.807) is 0 Å². The molecule has 2 atom stereocenters. The van der Waals surface area contributed by atoms with Crippen LogP contribution in [0.5, 0.6) is 0 Å². The molecule has 1 N–H and O–H groups in total. The van der Waals surface area contributed by atoms with E-state index in [1.807, 2.05) is 6.92 Å². The molecule has 0 bridgehead atoms. The minimum absolute atomic E-state index is 0.0230. The number of ether oxygens (including phenoxy) is 1. The Morgan fingerprint density at radius 3 is 2.78 bits per heavy atom. The molecule has 0 aromatic carbocycles. The monoisotopic (exact) mass is 331 g/mol. The van der Waals surface area contributed by atoms with Crippen molar-refractivity contribution in [1.82, 2.24) is 15.1 Å². The van der Waals surface area contributed by atoms with Crippen molar-refractivity contribution in [3.05, 3.63) is 17.5 Å². The normalized spacial score (nSPS) is 23.0. The molecule has 0 spiro atoms. The number of halogens is 3. The summed E-state index contributed by atoms with van der Waals surface area (Å²) in [6.45, 7) is 2.34.